The van der Waals surface area contributed by atoms with Gasteiger partial charge in [-0.05, 0) is 17.5 Å². The minimum atomic E-state index is 0.725. The predicted molar refractivity (Wildman–Crippen MR) is 59.7 cm³/mol. The molecular formula is C9H8N4S. The minimum Gasteiger partial charge on any atom is -0.260 e. The topological polar surface area (TPSA) is 50.2 Å². The fourth-order valence-electron chi connectivity index (χ4n) is 1.02. The van der Waals surface area contributed by atoms with Gasteiger partial charge in [-0.1, -0.05) is 6.58 Å². The Bertz CT molecular complexity index is 474. The summed E-state index contributed by atoms with van der Waals surface area (Å²) in [5, 5.41) is 5.89. The van der Waals surface area contributed by atoms with Gasteiger partial charge in [-0.15, -0.1) is 11.3 Å². The van der Waals surface area contributed by atoms with E-state index in [4.69, 9.17) is 0 Å². The van der Waals surface area contributed by atoms with Crippen LogP contribution in [-0.4, -0.2) is 16.2 Å². The van der Waals surface area contributed by atoms with Gasteiger partial charge in [-0.2, -0.15) is 5.10 Å². The van der Waals surface area contributed by atoms with Gasteiger partial charge >= 0.3 is 0 Å². The van der Waals surface area contributed by atoms with Crippen molar-refractivity contribution in [3.8, 4) is 0 Å². The molecule has 0 saturated heterocycles. The molecule has 0 aromatic carbocycles. The number of rotatable bonds is 3. The third-order valence-corrected chi connectivity index (χ3v) is 2.50. The van der Waals surface area contributed by atoms with Crippen LogP contribution in [0.3, 0.4) is 0 Å². The van der Waals surface area contributed by atoms with Gasteiger partial charge in [0, 0.05) is 6.21 Å². The van der Waals surface area contributed by atoms with Gasteiger partial charge in [0.2, 0.25) is 0 Å². The highest BCUT2D eigenvalue weighted by molar-refractivity contribution is 7.17. The number of hydrogen-bond acceptors (Lipinski definition) is 5. The highest BCUT2D eigenvalue weighted by Crippen LogP contribution is 2.24. The maximum atomic E-state index is 4.12. The van der Waals surface area contributed by atoms with Gasteiger partial charge < -0.3 is 0 Å². The number of hydrogen-bond donors (Lipinski definition) is 1. The predicted octanol–water partition coefficient (Wildman–Crippen LogP) is 2.28. The number of nitrogens with zero attached hydrogens (tertiary/aromatic N) is 3. The van der Waals surface area contributed by atoms with Crippen molar-refractivity contribution in [2.24, 2.45) is 5.10 Å². The van der Waals surface area contributed by atoms with E-state index < -0.39 is 0 Å². The van der Waals surface area contributed by atoms with Crippen LogP contribution in [0.2, 0.25) is 0 Å². The van der Waals surface area contributed by atoms with E-state index in [0.29, 0.717) is 0 Å². The summed E-state index contributed by atoms with van der Waals surface area (Å²) in [7, 11) is 0. The number of allylic oxidation sites excluding steroid dienone is 1. The lowest BCUT2D eigenvalue weighted by Crippen LogP contribution is -1.92. The number of thiophene rings is 1. The molecule has 2 aromatic rings. The molecule has 4 nitrogen and oxygen atoms in total. The number of fused-ring (bicyclic) bond motifs is 1. The van der Waals surface area contributed by atoms with E-state index in [1.165, 1.54) is 6.33 Å². The Labute approximate surface area is 85.0 Å². The first-order chi connectivity index (χ1) is 6.92. The average Bonchev–Trinajstić information content (AvgIpc) is 2.67. The van der Waals surface area contributed by atoms with E-state index in [-0.39, 0.29) is 0 Å². The summed E-state index contributed by atoms with van der Waals surface area (Å²) < 4.78 is 1.01. The number of aromatic nitrogens is 2. The summed E-state index contributed by atoms with van der Waals surface area (Å²) in [6.45, 7) is 3.52. The van der Waals surface area contributed by atoms with Crippen molar-refractivity contribution in [3.05, 3.63) is 30.4 Å². The Kier molecular flexibility index (Phi) is 2.51. The minimum absolute atomic E-state index is 0.725. The molecule has 2 aromatic heterocycles. The lowest BCUT2D eigenvalue weighted by Gasteiger charge is -1.98. The second-order valence-electron chi connectivity index (χ2n) is 2.48. The Balaban J connectivity index is 2.36. The summed E-state index contributed by atoms with van der Waals surface area (Å²) in [5.74, 6) is 0.725. The van der Waals surface area contributed by atoms with Crippen molar-refractivity contribution in [1.29, 1.82) is 0 Å². The van der Waals surface area contributed by atoms with E-state index in [0.717, 1.165) is 16.0 Å². The Hall–Kier alpha value is -1.75. The molecule has 0 unspecified atom stereocenters. The highest BCUT2D eigenvalue weighted by Gasteiger charge is 2.02. The molecule has 0 fully saturated rings. The fourth-order valence-corrected chi connectivity index (χ4v) is 1.80. The molecule has 0 spiro atoms. The Morgan fingerprint density at radius 3 is 3.29 bits per heavy atom. The van der Waals surface area contributed by atoms with E-state index in [1.807, 2.05) is 11.4 Å². The molecule has 0 aliphatic carbocycles. The molecule has 0 aliphatic heterocycles. The summed E-state index contributed by atoms with van der Waals surface area (Å²) >= 11 is 1.58. The number of hydrazone groups is 1. The number of anilines is 1. The molecule has 0 bridgehead atoms. The summed E-state index contributed by atoms with van der Waals surface area (Å²) in [6, 6.07) is 1.95. The first-order valence-corrected chi connectivity index (χ1v) is 4.88. The van der Waals surface area contributed by atoms with Crippen LogP contribution in [0.1, 0.15) is 0 Å². The molecule has 0 amide bonds. The van der Waals surface area contributed by atoms with E-state index in [2.05, 4.69) is 27.1 Å². The normalized spacial score (nSPS) is 10.9. The lowest BCUT2D eigenvalue weighted by atomic mass is 10.4. The SMILES string of the molecule is C=CC=NNc1ncnc2ccsc12. The van der Waals surface area contributed by atoms with Gasteiger partial charge in [0.15, 0.2) is 5.82 Å². The summed E-state index contributed by atoms with van der Waals surface area (Å²) in [5.41, 5.74) is 3.76. The standard InChI is InChI=1S/C9H8N4S/c1-2-4-12-13-9-8-7(3-5-14-8)10-6-11-9/h2-6H,1H2,(H,10,11,13). The molecule has 0 aliphatic rings. The quantitative estimate of drug-likeness (QED) is 0.616. The van der Waals surface area contributed by atoms with E-state index >= 15 is 0 Å². The summed E-state index contributed by atoms with van der Waals surface area (Å²) in [4.78, 5) is 8.21. The van der Waals surface area contributed by atoms with Crippen molar-refractivity contribution in [2.45, 2.75) is 0 Å². The zero-order chi connectivity index (χ0) is 9.80. The van der Waals surface area contributed by atoms with Gasteiger partial charge in [0.05, 0.1) is 10.2 Å². The van der Waals surface area contributed by atoms with Crippen LogP contribution in [0.15, 0.2) is 35.5 Å². The van der Waals surface area contributed by atoms with Crippen molar-refractivity contribution in [3.63, 3.8) is 0 Å². The maximum absolute atomic E-state index is 4.12. The molecule has 0 atom stereocenters. The van der Waals surface area contributed by atoms with E-state index in [1.54, 1.807) is 23.6 Å². The maximum Gasteiger partial charge on any atom is 0.167 e. The first-order valence-electron chi connectivity index (χ1n) is 4.00. The molecule has 1 N–H and O–H groups in total. The second kappa shape index (κ2) is 3.97. The van der Waals surface area contributed by atoms with E-state index in [9.17, 15) is 0 Å². The fraction of sp³-hybridized carbons (Fsp3) is 0. The summed E-state index contributed by atoms with van der Waals surface area (Å²) in [6.07, 6.45) is 4.68. The monoisotopic (exact) mass is 204 g/mol. The molecule has 0 radical (unpaired) electrons. The largest absolute Gasteiger partial charge is 0.260 e. The molecule has 70 valence electrons. The van der Waals surface area contributed by atoms with Crippen LogP contribution >= 0.6 is 11.3 Å². The van der Waals surface area contributed by atoms with Gasteiger partial charge in [0.25, 0.3) is 0 Å². The number of nitrogens with one attached hydrogen (secondary N) is 1. The van der Waals surface area contributed by atoms with Crippen LogP contribution in [0.4, 0.5) is 5.82 Å². The molecule has 2 heterocycles. The third-order valence-electron chi connectivity index (χ3n) is 1.59. The molecular weight excluding hydrogens is 196 g/mol. The van der Waals surface area contributed by atoms with Crippen molar-refractivity contribution < 1.29 is 0 Å². The van der Waals surface area contributed by atoms with Crippen molar-refractivity contribution >= 4 is 33.6 Å². The van der Waals surface area contributed by atoms with Crippen LogP contribution < -0.4 is 5.43 Å². The molecule has 5 heteroatoms. The van der Waals surface area contributed by atoms with Crippen LogP contribution in [0, 0.1) is 0 Å². The average molecular weight is 204 g/mol. The Morgan fingerprint density at radius 1 is 1.50 bits per heavy atom. The molecule has 14 heavy (non-hydrogen) atoms. The second-order valence-corrected chi connectivity index (χ2v) is 3.40. The third kappa shape index (κ3) is 1.62. The van der Waals surface area contributed by atoms with Crippen LogP contribution in [0.25, 0.3) is 10.2 Å². The molecule has 0 saturated carbocycles. The first kappa shape index (κ1) is 8.83. The van der Waals surface area contributed by atoms with Gasteiger partial charge in [-0.3, -0.25) is 5.43 Å². The highest BCUT2D eigenvalue weighted by atomic mass is 32.1. The Morgan fingerprint density at radius 2 is 2.43 bits per heavy atom. The molecule has 2 rings (SSSR count). The van der Waals surface area contributed by atoms with Crippen LogP contribution in [0.5, 0.6) is 0 Å². The lowest BCUT2D eigenvalue weighted by molar-refractivity contribution is 1.19. The zero-order valence-electron chi connectivity index (χ0n) is 7.34. The van der Waals surface area contributed by atoms with Crippen LogP contribution in [-0.2, 0) is 0 Å². The smallest absolute Gasteiger partial charge is 0.167 e. The van der Waals surface area contributed by atoms with Gasteiger partial charge in [-0.25, -0.2) is 9.97 Å². The van der Waals surface area contributed by atoms with Gasteiger partial charge in [0.1, 0.15) is 6.33 Å². The van der Waals surface area contributed by atoms with Crippen molar-refractivity contribution in [2.75, 3.05) is 5.43 Å². The zero-order valence-corrected chi connectivity index (χ0v) is 8.16. The van der Waals surface area contributed by atoms with Crippen molar-refractivity contribution in [1.82, 2.24) is 9.97 Å².